The maximum Gasteiger partial charge on any atom is 0.233 e. The zero-order chi connectivity index (χ0) is 14.8. The van der Waals surface area contributed by atoms with E-state index in [0.29, 0.717) is 17.7 Å². The molecule has 1 aromatic heterocycles. The highest BCUT2D eigenvalue weighted by atomic mass is 19.1. The molecule has 1 aliphatic rings. The third kappa shape index (κ3) is 3.13. The van der Waals surface area contributed by atoms with Crippen molar-refractivity contribution >= 4 is 0 Å². The molecule has 21 heavy (non-hydrogen) atoms. The molecule has 5 heteroatoms. The van der Waals surface area contributed by atoms with Crippen molar-refractivity contribution in [3.63, 3.8) is 0 Å². The van der Waals surface area contributed by atoms with Crippen LogP contribution in [0.4, 0.5) is 4.39 Å². The van der Waals surface area contributed by atoms with Gasteiger partial charge in [0.15, 0.2) is 0 Å². The summed E-state index contributed by atoms with van der Waals surface area (Å²) in [6.07, 6.45) is 3.66. The molecule has 0 saturated heterocycles. The number of rotatable bonds is 5. The molecule has 1 heterocycles. The first-order valence-electron chi connectivity index (χ1n) is 7.45. The molecule has 0 radical (unpaired) electrons. The number of nitrogens with one attached hydrogen (secondary N) is 1. The van der Waals surface area contributed by atoms with Crippen molar-refractivity contribution in [2.45, 2.75) is 45.2 Å². The Morgan fingerprint density at radius 3 is 2.48 bits per heavy atom. The number of aromatic nitrogens is 2. The molecule has 3 rings (SSSR count). The molecule has 0 unspecified atom stereocenters. The lowest BCUT2D eigenvalue weighted by Gasteiger charge is -2.36. The van der Waals surface area contributed by atoms with Crippen molar-refractivity contribution in [3.8, 4) is 0 Å². The molecule has 2 aromatic rings. The van der Waals surface area contributed by atoms with Gasteiger partial charge in [0, 0.05) is 13.0 Å². The fourth-order valence-electron chi connectivity index (χ4n) is 2.78. The average molecular weight is 289 g/mol. The third-order valence-corrected chi connectivity index (χ3v) is 4.19. The molecular weight excluding hydrogens is 269 g/mol. The van der Waals surface area contributed by atoms with Crippen LogP contribution in [-0.4, -0.2) is 10.2 Å². The summed E-state index contributed by atoms with van der Waals surface area (Å²) in [5.74, 6) is 1.55. The molecule has 1 saturated carbocycles. The molecule has 4 nitrogen and oxygen atoms in total. The first-order chi connectivity index (χ1) is 10.1. The highest BCUT2D eigenvalue weighted by molar-refractivity contribution is 5.21. The molecule has 0 spiro atoms. The standard InChI is InChI=1S/C16H20FN3O/c1-10(16-20-19-11(2)21-16)18-15(12-4-3-5-12)13-6-8-14(17)9-7-13/h6-10,12,15,18H,3-5H2,1-2H3/t10-,15+/m1/s1. The van der Waals surface area contributed by atoms with E-state index in [1.54, 1.807) is 6.92 Å². The Bertz CT molecular complexity index is 592. The van der Waals surface area contributed by atoms with Crippen LogP contribution >= 0.6 is 0 Å². The van der Waals surface area contributed by atoms with Crippen LogP contribution in [-0.2, 0) is 0 Å². The van der Waals surface area contributed by atoms with Gasteiger partial charge in [-0.2, -0.15) is 0 Å². The Balaban J connectivity index is 1.77. The largest absolute Gasteiger partial charge is 0.424 e. The number of hydrogen-bond donors (Lipinski definition) is 1. The first kappa shape index (κ1) is 14.2. The van der Waals surface area contributed by atoms with Gasteiger partial charge in [-0.15, -0.1) is 10.2 Å². The van der Waals surface area contributed by atoms with Crippen LogP contribution in [0.25, 0.3) is 0 Å². The molecule has 1 fully saturated rings. The Morgan fingerprint density at radius 2 is 1.95 bits per heavy atom. The van der Waals surface area contributed by atoms with Crippen LogP contribution in [0.2, 0.25) is 0 Å². The topological polar surface area (TPSA) is 51.0 Å². The summed E-state index contributed by atoms with van der Waals surface area (Å²) in [5.41, 5.74) is 1.11. The Morgan fingerprint density at radius 1 is 1.24 bits per heavy atom. The summed E-state index contributed by atoms with van der Waals surface area (Å²) < 4.78 is 18.6. The van der Waals surface area contributed by atoms with E-state index < -0.39 is 0 Å². The van der Waals surface area contributed by atoms with Gasteiger partial charge >= 0.3 is 0 Å². The van der Waals surface area contributed by atoms with E-state index >= 15 is 0 Å². The van der Waals surface area contributed by atoms with Gasteiger partial charge in [0.25, 0.3) is 0 Å². The predicted octanol–water partition coefficient (Wildman–Crippen LogP) is 3.71. The number of aryl methyl sites for hydroxylation is 1. The molecule has 1 aliphatic carbocycles. The number of hydrogen-bond acceptors (Lipinski definition) is 4. The lowest BCUT2D eigenvalue weighted by molar-refractivity contribution is 0.211. The highest BCUT2D eigenvalue weighted by Crippen LogP contribution is 2.39. The van der Waals surface area contributed by atoms with Gasteiger partial charge in [0.2, 0.25) is 11.8 Å². The normalized spacial score (nSPS) is 18.2. The minimum atomic E-state index is -0.202. The van der Waals surface area contributed by atoms with Gasteiger partial charge in [0.1, 0.15) is 5.82 Å². The van der Waals surface area contributed by atoms with Crippen LogP contribution in [0.5, 0.6) is 0 Å². The molecule has 2 atom stereocenters. The number of nitrogens with zero attached hydrogens (tertiary/aromatic N) is 2. The molecular formula is C16H20FN3O. The summed E-state index contributed by atoms with van der Waals surface area (Å²) in [6.45, 7) is 3.80. The summed E-state index contributed by atoms with van der Waals surface area (Å²) in [6, 6.07) is 6.92. The minimum absolute atomic E-state index is 0.0261. The fraction of sp³-hybridized carbons (Fsp3) is 0.500. The smallest absolute Gasteiger partial charge is 0.233 e. The minimum Gasteiger partial charge on any atom is -0.424 e. The number of halogens is 1. The van der Waals surface area contributed by atoms with Gasteiger partial charge in [0.05, 0.1) is 6.04 Å². The van der Waals surface area contributed by atoms with Gasteiger partial charge in [-0.3, -0.25) is 5.32 Å². The molecule has 112 valence electrons. The third-order valence-electron chi connectivity index (χ3n) is 4.19. The van der Waals surface area contributed by atoms with E-state index in [1.807, 2.05) is 19.1 Å². The van der Waals surface area contributed by atoms with Crippen molar-refractivity contribution in [2.24, 2.45) is 5.92 Å². The van der Waals surface area contributed by atoms with Crippen molar-refractivity contribution < 1.29 is 8.81 Å². The fourth-order valence-corrected chi connectivity index (χ4v) is 2.78. The molecule has 0 bridgehead atoms. The maximum atomic E-state index is 13.1. The SMILES string of the molecule is Cc1nnc([C@@H](C)N[C@H](c2ccc(F)cc2)C2CCC2)o1. The van der Waals surface area contributed by atoms with Gasteiger partial charge in [-0.25, -0.2) is 4.39 Å². The predicted molar refractivity (Wildman–Crippen MR) is 77.1 cm³/mol. The maximum absolute atomic E-state index is 13.1. The van der Waals surface area contributed by atoms with Crippen molar-refractivity contribution in [1.29, 1.82) is 0 Å². The second-order valence-electron chi connectivity index (χ2n) is 5.77. The molecule has 1 N–H and O–H groups in total. The summed E-state index contributed by atoms with van der Waals surface area (Å²) >= 11 is 0. The lowest BCUT2D eigenvalue weighted by atomic mass is 9.77. The zero-order valence-corrected chi connectivity index (χ0v) is 12.3. The Labute approximate surface area is 123 Å². The van der Waals surface area contributed by atoms with Crippen molar-refractivity contribution in [2.75, 3.05) is 0 Å². The second-order valence-corrected chi connectivity index (χ2v) is 5.77. The molecule has 1 aromatic carbocycles. The Kier molecular flexibility index (Phi) is 4.01. The summed E-state index contributed by atoms with van der Waals surface area (Å²) in [4.78, 5) is 0. The van der Waals surface area contributed by atoms with Crippen LogP contribution in [0.15, 0.2) is 28.7 Å². The van der Waals surface area contributed by atoms with Crippen LogP contribution < -0.4 is 5.32 Å². The van der Waals surface area contributed by atoms with E-state index in [-0.39, 0.29) is 17.9 Å². The highest BCUT2D eigenvalue weighted by Gasteiger charge is 2.30. The van der Waals surface area contributed by atoms with Crippen LogP contribution in [0.1, 0.15) is 55.6 Å². The Hall–Kier alpha value is -1.75. The molecule has 0 aliphatic heterocycles. The van der Waals surface area contributed by atoms with E-state index in [1.165, 1.54) is 31.4 Å². The van der Waals surface area contributed by atoms with Gasteiger partial charge in [-0.05, 0) is 43.4 Å². The van der Waals surface area contributed by atoms with E-state index in [9.17, 15) is 4.39 Å². The van der Waals surface area contributed by atoms with Crippen LogP contribution in [0.3, 0.4) is 0 Å². The van der Waals surface area contributed by atoms with Crippen molar-refractivity contribution in [1.82, 2.24) is 15.5 Å². The second kappa shape index (κ2) is 5.93. The average Bonchev–Trinajstić information content (AvgIpc) is 2.83. The van der Waals surface area contributed by atoms with E-state index in [2.05, 4.69) is 15.5 Å². The first-order valence-corrected chi connectivity index (χ1v) is 7.45. The quantitative estimate of drug-likeness (QED) is 0.911. The van der Waals surface area contributed by atoms with Crippen LogP contribution in [0, 0.1) is 18.7 Å². The van der Waals surface area contributed by atoms with Gasteiger partial charge < -0.3 is 4.42 Å². The van der Waals surface area contributed by atoms with Gasteiger partial charge in [-0.1, -0.05) is 18.6 Å². The lowest BCUT2D eigenvalue weighted by Crippen LogP contribution is -2.34. The van der Waals surface area contributed by atoms with E-state index in [0.717, 1.165) is 5.56 Å². The monoisotopic (exact) mass is 289 g/mol. The zero-order valence-electron chi connectivity index (χ0n) is 12.3. The molecule has 0 amide bonds. The van der Waals surface area contributed by atoms with E-state index in [4.69, 9.17) is 4.42 Å². The van der Waals surface area contributed by atoms with Crippen molar-refractivity contribution in [3.05, 3.63) is 47.4 Å². The number of benzene rings is 1. The summed E-state index contributed by atoms with van der Waals surface area (Å²) in [7, 11) is 0. The summed E-state index contributed by atoms with van der Waals surface area (Å²) in [5, 5.41) is 11.5.